The van der Waals surface area contributed by atoms with Gasteiger partial charge in [-0.3, -0.25) is 9.59 Å². The highest BCUT2D eigenvalue weighted by Gasteiger charge is 2.18. The molecule has 0 fully saturated rings. The highest BCUT2D eigenvalue weighted by atomic mass is 16.6. The molecule has 0 aliphatic heterocycles. The first kappa shape index (κ1) is 26.1. The van der Waals surface area contributed by atoms with E-state index in [1.165, 1.54) is 38.5 Å². The Kier molecular flexibility index (Phi) is 17.8. The van der Waals surface area contributed by atoms with Crippen LogP contribution in [0.15, 0.2) is 0 Å². The van der Waals surface area contributed by atoms with Crippen molar-refractivity contribution in [2.45, 2.75) is 129 Å². The lowest BCUT2D eigenvalue weighted by Crippen LogP contribution is -2.22. The second kappa shape index (κ2) is 18.4. The van der Waals surface area contributed by atoms with E-state index in [9.17, 15) is 19.8 Å². The highest BCUT2D eigenvalue weighted by molar-refractivity contribution is 5.85. The van der Waals surface area contributed by atoms with Gasteiger partial charge in [-0.05, 0) is 12.8 Å². The van der Waals surface area contributed by atoms with Crippen LogP contribution in [-0.4, -0.2) is 34.4 Å². The van der Waals surface area contributed by atoms with Gasteiger partial charge in [0.15, 0.2) is 0 Å². The van der Waals surface area contributed by atoms with Gasteiger partial charge in [-0.25, -0.2) is 0 Å². The van der Waals surface area contributed by atoms with Crippen molar-refractivity contribution in [1.29, 1.82) is 0 Å². The summed E-state index contributed by atoms with van der Waals surface area (Å²) in [6.45, 7) is 4.34. The molecule has 2 unspecified atom stereocenters. The van der Waals surface area contributed by atoms with Crippen LogP contribution in [-0.2, 0) is 14.3 Å². The monoisotopic (exact) mass is 386 g/mol. The van der Waals surface area contributed by atoms with Gasteiger partial charge in [-0.2, -0.15) is 0 Å². The number of ether oxygens (including phenoxy) is 1. The van der Waals surface area contributed by atoms with Crippen molar-refractivity contribution in [3.63, 3.8) is 0 Å². The fraction of sp³-hybridized carbons (Fsp3) is 0.909. The molecule has 0 rings (SSSR count). The number of hydrogen-bond donors (Lipinski definition) is 2. The summed E-state index contributed by atoms with van der Waals surface area (Å²) in [5.74, 6) is -1.41. The van der Waals surface area contributed by atoms with Gasteiger partial charge in [0.05, 0.1) is 25.0 Å². The van der Waals surface area contributed by atoms with E-state index in [1.807, 2.05) is 0 Å². The summed E-state index contributed by atoms with van der Waals surface area (Å²) in [5.41, 5.74) is 0. The third kappa shape index (κ3) is 18.2. The first-order valence-electron chi connectivity index (χ1n) is 11.1. The van der Waals surface area contributed by atoms with Crippen molar-refractivity contribution in [2.75, 3.05) is 0 Å². The van der Waals surface area contributed by atoms with Crippen molar-refractivity contribution in [3.8, 4) is 0 Å². The van der Waals surface area contributed by atoms with Gasteiger partial charge in [0.25, 0.3) is 0 Å². The van der Waals surface area contributed by atoms with Crippen LogP contribution in [0.4, 0.5) is 0 Å². The normalized spacial score (nSPS) is 13.3. The molecule has 0 heterocycles. The summed E-state index contributed by atoms with van der Waals surface area (Å²) in [7, 11) is 0. The van der Waals surface area contributed by atoms with Crippen LogP contribution in [0.25, 0.3) is 0 Å². The largest absolute Gasteiger partial charge is 0.393 e. The second-order valence-corrected chi connectivity index (χ2v) is 7.67. The number of unbranched alkanes of at least 4 members (excludes halogenated alkanes) is 10. The maximum absolute atomic E-state index is 11.7. The van der Waals surface area contributed by atoms with Crippen molar-refractivity contribution in [2.24, 2.45) is 0 Å². The van der Waals surface area contributed by atoms with Gasteiger partial charge in [0.2, 0.25) is 0 Å². The summed E-state index contributed by atoms with van der Waals surface area (Å²) in [6.07, 6.45) is 12.8. The minimum Gasteiger partial charge on any atom is -0.393 e. The topological polar surface area (TPSA) is 83.8 Å². The first-order chi connectivity index (χ1) is 13.0. The van der Waals surface area contributed by atoms with E-state index in [-0.39, 0.29) is 12.8 Å². The SMILES string of the molecule is CCCCCCCCCC(O)CC(=O)OC(=O)CC(O)CCCCCCC. The lowest BCUT2D eigenvalue weighted by molar-refractivity contribution is -0.162. The third-order valence-corrected chi connectivity index (χ3v) is 4.81. The Hall–Kier alpha value is -0.940. The van der Waals surface area contributed by atoms with Crippen molar-refractivity contribution >= 4 is 11.9 Å². The fourth-order valence-electron chi connectivity index (χ4n) is 3.12. The summed E-state index contributed by atoms with van der Waals surface area (Å²) in [4.78, 5) is 23.4. The van der Waals surface area contributed by atoms with Gasteiger partial charge in [0.1, 0.15) is 0 Å². The summed E-state index contributed by atoms with van der Waals surface area (Å²) < 4.78 is 4.71. The number of esters is 2. The molecular weight excluding hydrogens is 344 g/mol. The third-order valence-electron chi connectivity index (χ3n) is 4.81. The Morgan fingerprint density at radius 1 is 0.630 bits per heavy atom. The molecule has 0 aromatic heterocycles. The molecule has 0 saturated heterocycles. The lowest BCUT2D eigenvalue weighted by Gasteiger charge is -2.11. The van der Waals surface area contributed by atoms with E-state index in [0.29, 0.717) is 12.8 Å². The van der Waals surface area contributed by atoms with Gasteiger partial charge in [-0.1, -0.05) is 90.9 Å². The molecule has 27 heavy (non-hydrogen) atoms. The molecule has 0 aliphatic rings. The summed E-state index contributed by atoms with van der Waals surface area (Å²) >= 11 is 0. The zero-order valence-electron chi connectivity index (χ0n) is 17.6. The highest BCUT2D eigenvalue weighted by Crippen LogP contribution is 2.13. The molecule has 0 aliphatic carbocycles. The fourth-order valence-corrected chi connectivity index (χ4v) is 3.12. The number of aliphatic hydroxyl groups is 2. The maximum atomic E-state index is 11.7. The average Bonchev–Trinajstić information content (AvgIpc) is 2.60. The molecule has 0 spiro atoms. The molecule has 0 aromatic rings. The predicted molar refractivity (Wildman–Crippen MR) is 108 cm³/mol. The van der Waals surface area contributed by atoms with Crippen LogP contribution in [0, 0.1) is 0 Å². The number of carbonyl (C=O) groups is 2. The Bertz CT molecular complexity index is 370. The zero-order chi connectivity index (χ0) is 20.3. The Morgan fingerprint density at radius 2 is 0.963 bits per heavy atom. The van der Waals surface area contributed by atoms with E-state index in [1.54, 1.807) is 0 Å². The van der Waals surface area contributed by atoms with Crippen LogP contribution >= 0.6 is 0 Å². The average molecular weight is 387 g/mol. The number of aliphatic hydroxyl groups excluding tert-OH is 2. The maximum Gasteiger partial charge on any atom is 0.316 e. The number of carbonyl (C=O) groups excluding carboxylic acids is 2. The molecule has 0 radical (unpaired) electrons. The number of hydrogen-bond acceptors (Lipinski definition) is 5. The lowest BCUT2D eigenvalue weighted by atomic mass is 10.0. The van der Waals surface area contributed by atoms with Crippen molar-refractivity contribution in [1.82, 2.24) is 0 Å². The van der Waals surface area contributed by atoms with Crippen LogP contribution in [0.3, 0.4) is 0 Å². The molecule has 2 N–H and O–H groups in total. The van der Waals surface area contributed by atoms with E-state index >= 15 is 0 Å². The van der Waals surface area contributed by atoms with Gasteiger partial charge in [0, 0.05) is 0 Å². The van der Waals surface area contributed by atoms with E-state index in [0.717, 1.165) is 38.5 Å². The molecular formula is C22H42O5. The van der Waals surface area contributed by atoms with Gasteiger partial charge >= 0.3 is 11.9 Å². The summed E-state index contributed by atoms with van der Waals surface area (Å²) in [6, 6.07) is 0. The van der Waals surface area contributed by atoms with E-state index < -0.39 is 24.1 Å². The van der Waals surface area contributed by atoms with Crippen LogP contribution in [0.5, 0.6) is 0 Å². The second-order valence-electron chi connectivity index (χ2n) is 7.67. The van der Waals surface area contributed by atoms with Crippen LogP contribution in [0.1, 0.15) is 117 Å². The van der Waals surface area contributed by atoms with Gasteiger partial charge < -0.3 is 14.9 Å². The van der Waals surface area contributed by atoms with E-state index in [2.05, 4.69) is 13.8 Å². The molecule has 5 nitrogen and oxygen atoms in total. The van der Waals surface area contributed by atoms with Crippen molar-refractivity contribution < 1.29 is 24.5 Å². The molecule has 160 valence electrons. The first-order valence-corrected chi connectivity index (χ1v) is 11.1. The Balaban J connectivity index is 3.69. The molecule has 5 heteroatoms. The smallest absolute Gasteiger partial charge is 0.316 e. The van der Waals surface area contributed by atoms with E-state index in [4.69, 9.17) is 4.74 Å². The Labute approximate surface area is 165 Å². The molecule has 0 aromatic carbocycles. The van der Waals surface area contributed by atoms with Gasteiger partial charge in [-0.15, -0.1) is 0 Å². The Morgan fingerprint density at radius 3 is 1.33 bits per heavy atom. The van der Waals surface area contributed by atoms with Crippen molar-refractivity contribution in [3.05, 3.63) is 0 Å². The summed E-state index contributed by atoms with van der Waals surface area (Å²) in [5, 5.41) is 19.7. The molecule has 0 saturated carbocycles. The standard InChI is InChI=1S/C22H42O5/c1-3-5-7-9-10-12-14-16-20(24)18-22(26)27-21(25)17-19(23)15-13-11-8-6-4-2/h19-20,23-24H,3-18H2,1-2H3. The van der Waals surface area contributed by atoms with Crippen LogP contribution in [0.2, 0.25) is 0 Å². The molecule has 2 atom stereocenters. The minimum absolute atomic E-state index is 0.158. The minimum atomic E-state index is -0.760. The van der Waals surface area contributed by atoms with Crippen LogP contribution < -0.4 is 0 Å². The number of rotatable bonds is 18. The zero-order valence-corrected chi connectivity index (χ0v) is 17.6. The quantitative estimate of drug-likeness (QED) is 0.195. The molecule has 0 bridgehead atoms. The molecule has 0 amide bonds. The predicted octanol–water partition coefficient (Wildman–Crippen LogP) is 5.06.